The van der Waals surface area contributed by atoms with Crippen molar-refractivity contribution in [2.45, 2.75) is 25.9 Å². The summed E-state index contributed by atoms with van der Waals surface area (Å²) < 4.78 is 21.4. The average Bonchev–Trinajstić information content (AvgIpc) is 2.90. The van der Waals surface area contributed by atoms with Crippen LogP contribution in [0.25, 0.3) is 0 Å². The van der Waals surface area contributed by atoms with Gasteiger partial charge in [-0.05, 0) is 48.0 Å². The molecular weight excluding hydrogens is 395 g/mol. The molecule has 1 aliphatic rings. The molecule has 0 fully saturated rings. The van der Waals surface area contributed by atoms with Gasteiger partial charge in [0.2, 0.25) is 0 Å². The molecule has 0 spiro atoms. The predicted molar refractivity (Wildman–Crippen MR) is 91.8 cm³/mol. The molecule has 0 bridgehead atoms. The first-order valence-corrected chi connectivity index (χ1v) is 8.41. The highest BCUT2D eigenvalue weighted by Crippen LogP contribution is 2.33. The number of nitrogens with one attached hydrogen (secondary N) is 2. The lowest BCUT2D eigenvalue weighted by atomic mass is 9.89. The van der Waals surface area contributed by atoms with Gasteiger partial charge < -0.3 is 10.1 Å². The molecule has 25 heavy (non-hydrogen) atoms. The maximum atomic E-state index is 14.5. The molecule has 2 amide bonds. The van der Waals surface area contributed by atoms with E-state index in [1.165, 1.54) is 29.1 Å². The SMILES string of the molecule is CCOC(=O)Nc1ccc(F)c(C2(C)Cn3ncc(Br)c3C(=O)N2)c1. The van der Waals surface area contributed by atoms with Gasteiger partial charge in [0.1, 0.15) is 11.5 Å². The Hall–Kier alpha value is -2.42. The van der Waals surface area contributed by atoms with Gasteiger partial charge in [-0.1, -0.05) is 0 Å². The maximum Gasteiger partial charge on any atom is 0.411 e. The molecule has 132 valence electrons. The monoisotopic (exact) mass is 410 g/mol. The Kier molecular flexibility index (Phi) is 4.51. The number of anilines is 1. The van der Waals surface area contributed by atoms with Crippen LogP contribution in [-0.4, -0.2) is 28.4 Å². The van der Waals surface area contributed by atoms with E-state index in [9.17, 15) is 14.0 Å². The van der Waals surface area contributed by atoms with Gasteiger partial charge in [0.15, 0.2) is 0 Å². The van der Waals surface area contributed by atoms with Crippen LogP contribution in [0.15, 0.2) is 28.9 Å². The molecule has 2 aromatic rings. The van der Waals surface area contributed by atoms with Crippen LogP contribution in [0.4, 0.5) is 14.9 Å². The van der Waals surface area contributed by atoms with Crippen molar-refractivity contribution in [3.8, 4) is 0 Å². The highest BCUT2D eigenvalue weighted by Gasteiger charge is 2.39. The van der Waals surface area contributed by atoms with Crippen molar-refractivity contribution in [3.05, 3.63) is 45.9 Å². The molecular formula is C16H16BrFN4O3. The molecule has 0 saturated heterocycles. The van der Waals surface area contributed by atoms with Crippen molar-refractivity contribution in [1.29, 1.82) is 0 Å². The standard InChI is InChI=1S/C16H16BrFN4O3/c1-3-25-15(24)20-9-4-5-12(18)10(6-9)16(2)8-22-13(14(23)21-16)11(17)7-19-22/h4-7H,3,8H2,1-2H3,(H,20,24)(H,21,23). The quantitative estimate of drug-likeness (QED) is 0.814. The van der Waals surface area contributed by atoms with Crippen molar-refractivity contribution < 1.29 is 18.7 Å². The topological polar surface area (TPSA) is 85.2 Å². The van der Waals surface area contributed by atoms with Crippen molar-refractivity contribution >= 4 is 33.6 Å². The molecule has 0 saturated carbocycles. The van der Waals surface area contributed by atoms with Crippen LogP contribution in [-0.2, 0) is 16.8 Å². The molecule has 1 aromatic heterocycles. The summed E-state index contributed by atoms with van der Waals surface area (Å²) in [6, 6.07) is 4.15. The Bertz CT molecular complexity index is 854. The molecule has 0 radical (unpaired) electrons. The number of aromatic nitrogens is 2. The highest BCUT2D eigenvalue weighted by molar-refractivity contribution is 9.10. The second-order valence-corrected chi connectivity index (χ2v) is 6.68. The van der Waals surface area contributed by atoms with E-state index < -0.39 is 17.4 Å². The van der Waals surface area contributed by atoms with Crippen molar-refractivity contribution in [2.75, 3.05) is 11.9 Å². The maximum absolute atomic E-state index is 14.5. The van der Waals surface area contributed by atoms with Crippen molar-refractivity contribution in [2.24, 2.45) is 0 Å². The van der Waals surface area contributed by atoms with Crippen molar-refractivity contribution in [3.63, 3.8) is 0 Å². The number of benzene rings is 1. The van der Waals surface area contributed by atoms with Gasteiger partial charge >= 0.3 is 6.09 Å². The minimum atomic E-state index is -1.02. The molecule has 1 aliphatic heterocycles. The molecule has 3 rings (SSSR count). The van der Waals surface area contributed by atoms with E-state index >= 15 is 0 Å². The fraction of sp³-hybridized carbons (Fsp3) is 0.312. The summed E-state index contributed by atoms with van der Waals surface area (Å²) in [5, 5.41) is 9.51. The van der Waals surface area contributed by atoms with Crippen LogP contribution in [0.1, 0.15) is 29.9 Å². The van der Waals surface area contributed by atoms with Crippen LogP contribution in [0.5, 0.6) is 0 Å². The zero-order chi connectivity index (χ0) is 18.2. The number of halogens is 2. The molecule has 1 unspecified atom stereocenters. The zero-order valence-electron chi connectivity index (χ0n) is 13.6. The third kappa shape index (κ3) is 3.23. The minimum absolute atomic E-state index is 0.227. The number of fused-ring (bicyclic) bond motifs is 1. The van der Waals surface area contributed by atoms with E-state index in [-0.39, 0.29) is 24.6 Å². The fourth-order valence-corrected chi connectivity index (χ4v) is 3.30. The van der Waals surface area contributed by atoms with E-state index in [1.807, 2.05) is 0 Å². The van der Waals surface area contributed by atoms with E-state index in [0.717, 1.165) is 0 Å². The molecule has 1 aromatic carbocycles. The fourth-order valence-electron chi connectivity index (χ4n) is 2.82. The van der Waals surface area contributed by atoms with E-state index in [2.05, 4.69) is 31.7 Å². The molecule has 1 atom stereocenters. The van der Waals surface area contributed by atoms with Crippen LogP contribution in [0.3, 0.4) is 0 Å². The molecule has 2 heterocycles. The second kappa shape index (κ2) is 6.47. The first kappa shape index (κ1) is 17.4. The number of amides is 2. The summed E-state index contributed by atoms with van der Waals surface area (Å²) in [5.74, 6) is -0.854. The summed E-state index contributed by atoms with van der Waals surface area (Å²) in [4.78, 5) is 24.0. The van der Waals surface area contributed by atoms with Gasteiger partial charge in [0.25, 0.3) is 5.91 Å². The predicted octanol–water partition coefficient (Wildman–Crippen LogP) is 3.01. The summed E-state index contributed by atoms with van der Waals surface area (Å²) in [5.41, 5.74) is -0.0183. The Labute approximate surface area is 151 Å². The van der Waals surface area contributed by atoms with Crippen LogP contribution >= 0.6 is 15.9 Å². The Morgan fingerprint density at radius 2 is 2.32 bits per heavy atom. The summed E-state index contributed by atoms with van der Waals surface area (Å²) in [6.45, 7) is 3.87. The Morgan fingerprint density at radius 1 is 1.56 bits per heavy atom. The lowest BCUT2D eigenvalue weighted by Crippen LogP contribution is -2.52. The molecule has 7 nitrogen and oxygen atoms in total. The highest BCUT2D eigenvalue weighted by atomic mass is 79.9. The lowest BCUT2D eigenvalue weighted by molar-refractivity contribution is 0.0835. The lowest BCUT2D eigenvalue weighted by Gasteiger charge is -2.36. The number of rotatable bonds is 3. The second-order valence-electron chi connectivity index (χ2n) is 5.83. The number of hydrogen-bond acceptors (Lipinski definition) is 4. The third-order valence-corrected chi connectivity index (χ3v) is 4.53. The number of hydrogen-bond donors (Lipinski definition) is 2. The van der Waals surface area contributed by atoms with Crippen LogP contribution in [0, 0.1) is 5.82 Å². The van der Waals surface area contributed by atoms with Gasteiger partial charge in [0, 0.05) is 11.3 Å². The van der Waals surface area contributed by atoms with Crippen molar-refractivity contribution in [1.82, 2.24) is 15.1 Å². The van der Waals surface area contributed by atoms with Gasteiger partial charge in [-0.3, -0.25) is 14.8 Å². The summed E-state index contributed by atoms with van der Waals surface area (Å²) in [7, 11) is 0. The van der Waals surface area contributed by atoms with Gasteiger partial charge in [-0.15, -0.1) is 0 Å². The number of ether oxygens (including phenoxy) is 1. The minimum Gasteiger partial charge on any atom is -0.450 e. The number of nitrogens with zero attached hydrogens (tertiary/aromatic N) is 2. The molecule has 0 aliphatic carbocycles. The summed E-state index contributed by atoms with van der Waals surface area (Å²) in [6.07, 6.45) is 0.895. The first-order chi connectivity index (χ1) is 11.8. The van der Waals surface area contributed by atoms with Gasteiger partial charge in [-0.25, -0.2) is 9.18 Å². The normalized spacial score (nSPS) is 19.1. The van der Waals surface area contributed by atoms with Gasteiger partial charge in [0.05, 0.1) is 29.4 Å². The number of carbonyl (C=O) groups excluding carboxylic acids is 2. The zero-order valence-corrected chi connectivity index (χ0v) is 15.2. The van der Waals surface area contributed by atoms with E-state index in [0.29, 0.717) is 15.9 Å². The molecule has 9 heteroatoms. The molecule has 2 N–H and O–H groups in total. The van der Waals surface area contributed by atoms with E-state index in [4.69, 9.17) is 4.74 Å². The Morgan fingerprint density at radius 3 is 3.04 bits per heavy atom. The van der Waals surface area contributed by atoms with Crippen LogP contribution < -0.4 is 10.6 Å². The smallest absolute Gasteiger partial charge is 0.411 e. The summed E-state index contributed by atoms with van der Waals surface area (Å²) >= 11 is 3.27. The van der Waals surface area contributed by atoms with Crippen LogP contribution in [0.2, 0.25) is 0 Å². The largest absolute Gasteiger partial charge is 0.450 e. The van der Waals surface area contributed by atoms with E-state index in [1.54, 1.807) is 13.8 Å². The van der Waals surface area contributed by atoms with Gasteiger partial charge in [-0.2, -0.15) is 5.10 Å². The number of carbonyl (C=O) groups is 2. The average molecular weight is 411 g/mol. The Balaban J connectivity index is 1.95. The third-order valence-electron chi connectivity index (χ3n) is 3.95. The first-order valence-electron chi connectivity index (χ1n) is 7.61.